The molecule has 0 aliphatic carbocycles. The molecule has 1 aromatic carbocycles. The first-order valence-electron chi connectivity index (χ1n) is 7.08. The van der Waals surface area contributed by atoms with Crippen LogP contribution in [0.5, 0.6) is 11.5 Å². The number of hydrazone groups is 1. The van der Waals surface area contributed by atoms with Crippen LogP contribution in [0.4, 0.5) is 0 Å². The van der Waals surface area contributed by atoms with Crippen LogP contribution >= 0.6 is 22.9 Å². The van der Waals surface area contributed by atoms with E-state index in [0.29, 0.717) is 21.3 Å². The molecule has 3 N–H and O–H groups in total. The van der Waals surface area contributed by atoms with Crippen molar-refractivity contribution in [2.45, 2.75) is 0 Å². The lowest BCUT2D eigenvalue weighted by atomic mass is 10.2. The Morgan fingerprint density at radius 3 is 2.96 bits per heavy atom. The van der Waals surface area contributed by atoms with Gasteiger partial charge in [0.15, 0.2) is 17.2 Å². The van der Waals surface area contributed by atoms with Crippen LogP contribution in [0.2, 0.25) is 4.34 Å². The SMILES string of the molecule is COc1cc(/C=N/NC(=O)c2cc(-c3ccc(Cl)s3)[nH]n2)ccc1O. The number of benzene rings is 1. The highest BCUT2D eigenvalue weighted by Gasteiger charge is 2.12. The van der Waals surface area contributed by atoms with Gasteiger partial charge in [0.05, 0.1) is 28.2 Å². The summed E-state index contributed by atoms with van der Waals surface area (Å²) in [4.78, 5) is 13.0. The number of methoxy groups -OCH3 is 1. The van der Waals surface area contributed by atoms with E-state index >= 15 is 0 Å². The molecule has 3 aromatic rings. The Hall–Kier alpha value is -2.84. The number of phenols is 1. The first kappa shape index (κ1) is 17.0. The standard InChI is InChI=1S/C16H13ClN4O3S/c1-24-13-6-9(2-3-12(13)22)8-18-21-16(23)11-7-10(19-20-11)14-4-5-15(17)25-14/h2-8,22H,1H3,(H,19,20)(H,21,23)/b18-8+. The number of ether oxygens (including phenoxy) is 1. The van der Waals surface area contributed by atoms with Crippen LogP contribution in [0.3, 0.4) is 0 Å². The fourth-order valence-electron chi connectivity index (χ4n) is 2.02. The Labute approximate surface area is 151 Å². The number of rotatable bonds is 5. The van der Waals surface area contributed by atoms with E-state index in [1.165, 1.54) is 30.7 Å². The van der Waals surface area contributed by atoms with E-state index < -0.39 is 5.91 Å². The van der Waals surface area contributed by atoms with E-state index in [-0.39, 0.29) is 11.4 Å². The molecule has 25 heavy (non-hydrogen) atoms. The number of carbonyl (C=O) groups excluding carboxylic acids is 1. The molecule has 7 nitrogen and oxygen atoms in total. The summed E-state index contributed by atoms with van der Waals surface area (Å²) in [6.07, 6.45) is 1.44. The molecule has 0 unspecified atom stereocenters. The number of halogens is 1. The van der Waals surface area contributed by atoms with E-state index in [0.717, 1.165) is 4.88 Å². The molecule has 0 aliphatic heterocycles. The van der Waals surface area contributed by atoms with Crippen molar-refractivity contribution in [2.75, 3.05) is 7.11 Å². The second-order valence-corrected chi connectivity index (χ2v) is 6.62. The Morgan fingerprint density at radius 2 is 2.24 bits per heavy atom. The van der Waals surface area contributed by atoms with Gasteiger partial charge in [0.2, 0.25) is 0 Å². The van der Waals surface area contributed by atoms with Crippen LogP contribution in [0.25, 0.3) is 10.6 Å². The van der Waals surface area contributed by atoms with Gasteiger partial charge in [0, 0.05) is 0 Å². The number of amides is 1. The third kappa shape index (κ3) is 3.98. The number of thiophene rings is 1. The Balaban J connectivity index is 1.66. The molecule has 9 heteroatoms. The maximum Gasteiger partial charge on any atom is 0.291 e. The number of hydrogen-bond acceptors (Lipinski definition) is 6. The van der Waals surface area contributed by atoms with E-state index in [2.05, 4.69) is 20.7 Å². The number of hydrogen-bond donors (Lipinski definition) is 3. The van der Waals surface area contributed by atoms with E-state index in [4.69, 9.17) is 16.3 Å². The third-order valence-electron chi connectivity index (χ3n) is 3.23. The summed E-state index contributed by atoms with van der Waals surface area (Å²) in [5.74, 6) is -0.101. The summed E-state index contributed by atoms with van der Waals surface area (Å²) in [6.45, 7) is 0. The van der Waals surface area contributed by atoms with Crippen molar-refractivity contribution in [2.24, 2.45) is 5.10 Å². The van der Waals surface area contributed by atoms with Gasteiger partial charge >= 0.3 is 0 Å². The molecule has 3 rings (SSSR count). The number of aromatic amines is 1. The zero-order chi connectivity index (χ0) is 17.8. The van der Waals surface area contributed by atoms with Crippen molar-refractivity contribution in [1.82, 2.24) is 15.6 Å². The molecule has 2 aromatic heterocycles. The Kier molecular flexibility index (Phi) is 5.01. The van der Waals surface area contributed by atoms with Crippen LogP contribution < -0.4 is 10.2 Å². The highest BCUT2D eigenvalue weighted by Crippen LogP contribution is 2.30. The number of aromatic hydroxyl groups is 1. The van der Waals surface area contributed by atoms with E-state index in [1.807, 2.05) is 6.07 Å². The van der Waals surface area contributed by atoms with E-state index in [9.17, 15) is 9.90 Å². The quantitative estimate of drug-likeness (QED) is 0.470. The monoisotopic (exact) mass is 376 g/mol. The summed E-state index contributed by atoms with van der Waals surface area (Å²) in [5, 5.41) is 20.2. The van der Waals surface area contributed by atoms with Gasteiger partial charge in [-0.2, -0.15) is 10.2 Å². The predicted molar refractivity (Wildman–Crippen MR) is 96.6 cm³/mol. The Bertz CT molecular complexity index is 935. The number of nitrogens with zero attached hydrogens (tertiary/aromatic N) is 2. The second-order valence-electron chi connectivity index (χ2n) is 4.90. The van der Waals surface area contributed by atoms with Gasteiger partial charge in [0.25, 0.3) is 5.91 Å². The van der Waals surface area contributed by atoms with E-state index in [1.54, 1.807) is 24.3 Å². The minimum atomic E-state index is -0.452. The van der Waals surface area contributed by atoms with Crippen molar-refractivity contribution in [3.8, 4) is 22.1 Å². The molecule has 0 radical (unpaired) electrons. The van der Waals surface area contributed by atoms with Crippen LogP contribution in [-0.2, 0) is 0 Å². The lowest BCUT2D eigenvalue weighted by Crippen LogP contribution is -2.18. The van der Waals surface area contributed by atoms with Gasteiger partial charge in [-0.05, 0) is 42.0 Å². The third-order valence-corrected chi connectivity index (χ3v) is 4.50. The number of carbonyl (C=O) groups is 1. The second kappa shape index (κ2) is 7.37. The molecule has 0 fully saturated rings. The number of H-pyrrole nitrogens is 1. The molecular weight excluding hydrogens is 364 g/mol. The molecule has 0 saturated carbocycles. The maximum atomic E-state index is 12.1. The van der Waals surface area contributed by atoms with Gasteiger partial charge < -0.3 is 9.84 Å². The average Bonchev–Trinajstić information content (AvgIpc) is 3.25. The molecule has 0 atom stereocenters. The zero-order valence-corrected chi connectivity index (χ0v) is 14.6. The number of aromatic nitrogens is 2. The molecule has 1 amide bonds. The zero-order valence-electron chi connectivity index (χ0n) is 13.0. The molecule has 0 bridgehead atoms. The van der Waals surface area contributed by atoms with Crippen LogP contribution in [-0.4, -0.2) is 34.5 Å². The van der Waals surface area contributed by atoms with Gasteiger partial charge in [-0.15, -0.1) is 11.3 Å². The normalized spacial score (nSPS) is 11.0. The van der Waals surface area contributed by atoms with Gasteiger partial charge in [0.1, 0.15) is 0 Å². The van der Waals surface area contributed by atoms with Crippen molar-refractivity contribution >= 4 is 35.1 Å². The predicted octanol–water partition coefficient (Wildman–Crippen LogP) is 3.27. The topological polar surface area (TPSA) is 99.6 Å². The molecule has 0 aliphatic rings. The summed E-state index contributed by atoms with van der Waals surface area (Å²) in [7, 11) is 1.45. The van der Waals surface area contributed by atoms with Crippen molar-refractivity contribution in [3.63, 3.8) is 0 Å². The van der Waals surface area contributed by atoms with Gasteiger partial charge in [-0.25, -0.2) is 5.43 Å². The largest absolute Gasteiger partial charge is 0.504 e. The molecule has 0 saturated heterocycles. The van der Waals surface area contributed by atoms with Crippen LogP contribution in [0, 0.1) is 0 Å². The summed E-state index contributed by atoms with van der Waals surface area (Å²) < 4.78 is 5.66. The average molecular weight is 377 g/mol. The van der Waals surface area contributed by atoms with Crippen molar-refractivity contribution in [3.05, 3.63) is 52.0 Å². The molecule has 0 spiro atoms. The first-order chi connectivity index (χ1) is 12.1. The van der Waals surface area contributed by atoms with Crippen LogP contribution in [0.15, 0.2) is 41.5 Å². The molecule has 128 valence electrons. The van der Waals surface area contributed by atoms with Gasteiger partial charge in [-0.1, -0.05) is 11.6 Å². The molecule has 2 heterocycles. The molecular formula is C16H13ClN4O3S. The van der Waals surface area contributed by atoms with Crippen molar-refractivity contribution in [1.29, 1.82) is 0 Å². The Morgan fingerprint density at radius 1 is 1.40 bits per heavy atom. The summed E-state index contributed by atoms with van der Waals surface area (Å²) in [6, 6.07) is 9.96. The highest BCUT2D eigenvalue weighted by atomic mass is 35.5. The van der Waals surface area contributed by atoms with Gasteiger partial charge in [-0.3, -0.25) is 9.89 Å². The first-order valence-corrected chi connectivity index (χ1v) is 8.28. The van der Waals surface area contributed by atoms with Crippen molar-refractivity contribution < 1.29 is 14.6 Å². The number of nitrogens with one attached hydrogen (secondary N) is 2. The minimum Gasteiger partial charge on any atom is -0.504 e. The summed E-state index contributed by atoms with van der Waals surface area (Å²) in [5.41, 5.74) is 3.96. The summed E-state index contributed by atoms with van der Waals surface area (Å²) >= 11 is 7.29. The number of phenolic OH excluding ortho intramolecular Hbond substituents is 1. The fraction of sp³-hybridized carbons (Fsp3) is 0.0625. The highest BCUT2D eigenvalue weighted by molar-refractivity contribution is 7.19. The maximum absolute atomic E-state index is 12.1. The smallest absolute Gasteiger partial charge is 0.291 e. The fourth-order valence-corrected chi connectivity index (χ4v) is 3.03. The minimum absolute atomic E-state index is 0.0291. The lowest BCUT2D eigenvalue weighted by Gasteiger charge is -2.03. The van der Waals surface area contributed by atoms with Crippen LogP contribution in [0.1, 0.15) is 16.1 Å². The lowest BCUT2D eigenvalue weighted by molar-refractivity contribution is 0.0950.